The summed E-state index contributed by atoms with van der Waals surface area (Å²) in [4.78, 5) is 12.0. The predicted molar refractivity (Wildman–Crippen MR) is 172 cm³/mol. The van der Waals surface area contributed by atoms with E-state index in [0.29, 0.717) is 18.7 Å². The molecule has 0 unspecified atom stereocenters. The highest BCUT2D eigenvalue weighted by Gasteiger charge is 2.41. The van der Waals surface area contributed by atoms with Crippen LogP contribution in [0.1, 0.15) is 76.9 Å². The highest BCUT2D eigenvalue weighted by Crippen LogP contribution is 2.44. The van der Waals surface area contributed by atoms with Gasteiger partial charge in [-0.05, 0) is 78.9 Å². The van der Waals surface area contributed by atoms with Crippen LogP contribution < -0.4 is 8.85 Å². The Bertz CT molecular complexity index is 1350. The van der Waals surface area contributed by atoms with Gasteiger partial charge in [0.15, 0.2) is 0 Å². The second-order valence-corrected chi connectivity index (χ2v) is 23.2. The summed E-state index contributed by atoms with van der Waals surface area (Å²) in [7, 11) is -4.24. The zero-order valence-electron chi connectivity index (χ0n) is 27.1. The molecule has 3 rings (SSSR count). The molecule has 0 N–H and O–H groups in total. The molecule has 0 saturated heterocycles. The molecule has 1 aromatic heterocycles. The molecule has 0 spiro atoms. The monoisotopic (exact) mass is 595 g/mol. The number of hydrogen-bond donors (Lipinski definition) is 0. The summed E-state index contributed by atoms with van der Waals surface area (Å²) in [5.41, 5.74) is 4.37. The van der Waals surface area contributed by atoms with E-state index in [1.807, 2.05) is 23.0 Å². The number of benzene rings is 2. The fraction of sp³-hybridized carbons (Fsp3) is 0.531. The third kappa shape index (κ3) is 7.68. The molecule has 0 radical (unpaired) electrons. The minimum Gasteiger partial charge on any atom is -0.543 e. The van der Waals surface area contributed by atoms with Crippen molar-refractivity contribution in [3.8, 4) is 22.8 Å². The maximum atomic E-state index is 12.0. The second-order valence-electron chi connectivity index (χ2n) is 13.8. The Morgan fingerprint density at radius 2 is 1.41 bits per heavy atom. The van der Waals surface area contributed by atoms with E-state index in [1.54, 1.807) is 19.1 Å². The van der Waals surface area contributed by atoms with Crippen molar-refractivity contribution in [2.24, 2.45) is 0 Å². The van der Waals surface area contributed by atoms with E-state index in [1.165, 1.54) is 0 Å². The summed E-state index contributed by atoms with van der Waals surface area (Å²) >= 11 is 0. The molecule has 0 amide bonds. The molecule has 0 bridgehead atoms. The first-order valence-electron chi connectivity index (χ1n) is 14.6. The number of hydrogen-bond acceptors (Lipinski definition) is 6. The molecule has 0 fully saturated rings. The Kier molecular flexibility index (Phi) is 9.65. The number of aryl methyl sites for hydroxylation is 1. The molecule has 224 valence electrons. The minimum atomic E-state index is -2.17. The summed E-state index contributed by atoms with van der Waals surface area (Å²) in [6.45, 7) is 27.4. The lowest BCUT2D eigenvalue weighted by atomic mass is 10.0. The Labute approximate surface area is 248 Å². The number of carbonyl (C=O) groups is 1. The number of nitrogens with zero attached hydrogens (tertiary/aromatic N) is 3. The Morgan fingerprint density at radius 3 is 1.93 bits per heavy atom. The third-order valence-corrected chi connectivity index (χ3v) is 17.2. The average Bonchev–Trinajstić information content (AvgIpc) is 3.31. The highest BCUT2D eigenvalue weighted by atomic mass is 28.4. The van der Waals surface area contributed by atoms with Gasteiger partial charge in [-0.25, -0.2) is 9.48 Å². The number of rotatable bonds is 10. The molecular weight excluding hydrogens is 547 g/mol. The van der Waals surface area contributed by atoms with Gasteiger partial charge in [0.1, 0.15) is 17.2 Å². The van der Waals surface area contributed by atoms with E-state index in [-0.39, 0.29) is 16.0 Å². The van der Waals surface area contributed by atoms with Crippen LogP contribution in [0.5, 0.6) is 11.5 Å². The zero-order valence-corrected chi connectivity index (χ0v) is 29.1. The molecule has 0 atom stereocenters. The van der Waals surface area contributed by atoms with E-state index in [0.717, 1.165) is 40.3 Å². The second kappa shape index (κ2) is 12.1. The zero-order chi connectivity index (χ0) is 30.8. The van der Waals surface area contributed by atoms with Crippen molar-refractivity contribution in [3.63, 3.8) is 0 Å². The Hall–Kier alpha value is -2.92. The van der Waals surface area contributed by atoms with Crippen LogP contribution >= 0.6 is 0 Å². The lowest BCUT2D eigenvalue weighted by Gasteiger charge is -2.39. The van der Waals surface area contributed by atoms with Crippen LogP contribution in [-0.4, -0.2) is 44.2 Å². The molecule has 2 aromatic carbocycles. The van der Waals surface area contributed by atoms with Crippen LogP contribution in [0.15, 0.2) is 42.6 Å². The van der Waals surface area contributed by atoms with E-state index in [9.17, 15) is 4.79 Å². The van der Waals surface area contributed by atoms with E-state index < -0.39 is 16.6 Å². The van der Waals surface area contributed by atoms with Gasteiger partial charge < -0.3 is 13.6 Å². The maximum Gasteiger partial charge on any atom is 0.338 e. The van der Waals surface area contributed by atoms with Gasteiger partial charge in [-0.3, -0.25) is 0 Å². The molecule has 0 aliphatic heterocycles. The fourth-order valence-electron chi connectivity index (χ4n) is 3.76. The molecule has 0 aliphatic rings. The lowest BCUT2D eigenvalue weighted by Crippen LogP contribution is -2.44. The Balaban J connectivity index is 2.02. The van der Waals surface area contributed by atoms with Crippen molar-refractivity contribution in [1.29, 1.82) is 0 Å². The standard InChI is InChI=1S/C32H49N3O4Si2/c1-13-24-19-26(27-22-35(34-33-27)21-23-15-17-25(18-16-23)30(36)37-14-2)29(39-41(11,12)32(6,7)8)20-28(24)38-40(9,10)31(3,4)5/h15-20,22H,13-14,21H2,1-12H3. The van der Waals surface area contributed by atoms with Crippen molar-refractivity contribution in [3.05, 3.63) is 59.3 Å². The normalized spacial score (nSPS) is 12.8. The van der Waals surface area contributed by atoms with Gasteiger partial charge in [-0.2, -0.15) is 0 Å². The molecule has 3 aromatic rings. The van der Waals surface area contributed by atoms with E-state index >= 15 is 0 Å². The van der Waals surface area contributed by atoms with Gasteiger partial charge in [0, 0.05) is 11.6 Å². The summed E-state index contributed by atoms with van der Waals surface area (Å²) < 4.78 is 20.7. The van der Waals surface area contributed by atoms with Gasteiger partial charge in [0.25, 0.3) is 8.32 Å². The topological polar surface area (TPSA) is 75.5 Å². The largest absolute Gasteiger partial charge is 0.543 e. The first kappa shape index (κ1) is 32.6. The summed E-state index contributed by atoms with van der Waals surface area (Å²) in [5, 5.41) is 9.11. The van der Waals surface area contributed by atoms with E-state index in [2.05, 4.69) is 97.1 Å². The number of aromatic nitrogens is 3. The molecule has 41 heavy (non-hydrogen) atoms. The minimum absolute atomic E-state index is 0.0292. The van der Waals surface area contributed by atoms with Crippen molar-refractivity contribution >= 4 is 22.6 Å². The Morgan fingerprint density at radius 1 is 0.854 bits per heavy atom. The van der Waals surface area contributed by atoms with Crippen LogP contribution in [0, 0.1) is 0 Å². The van der Waals surface area contributed by atoms with Crippen molar-refractivity contribution < 1.29 is 18.4 Å². The average molecular weight is 596 g/mol. The summed E-state index contributed by atoms with van der Waals surface area (Å²) in [6, 6.07) is 11.7. The van der Waals surface area contributed by atoms with Gasteiger partial charge in [-0.1, -0.05) is 65.8 Å². The molecule has 0 saturated carbocycles. The van der Waals surface area contributed by atoms with Crippen molar-refractivity contribution in [2.45, 2.75) is 105 Å². The number of esters is 1. The number of ether oxygens (including phenoxy) is 1. The molecule has 1 heterocycles. The fourth-order valence-corrected chi connectivity index (χ4v) is 5.84. The maximum absolute atomic E-state index is 12.0. The van der Waals surface area contributed by atoms with Crippen LogP contribution in [0.4, 0.5) is 0 Å². The van der Waals surface area contributed by atoms with Gasteiger partial charge in [0.2, 0.25) is 8.32 Å². The van der Waals surface area contributed by atoms with Gasteiger partial charge in [-0.15, -0.1) is 5.10 Å². The van der Waals surface area contributed by atoms with Crippen LogP contribution in [0.2, 0.25) is 36.3 Å². The summed E-state index contributed by atoms with van der Waals surface area (Å²) in [5.74, 6) is 1.39. The quantitative estimate of drug-likeness (QED) is 0.173. The predicted octanol–water partition coefficient (Wildman–Crippen LogP) is 8.50. The SMILES string of the molecule is CCOC(=O)c1ccc(Cn2cc(-c3cc(CC)c(O[Si](C)(C)C(C)(C)C)cc3O[Si](C)(C)C(C)(C)C)nn2)cc1. The van der Waals surface area contributed by atoms with Gasteiger partial charge in [0.05, 0.1) is 24.9 Å². The first-order valence-corrected chi connectivity index (χ1v) is 20.4. The molecule has 0 aliphatic carbocycles. The van der Waals surface area contributed by atoms with Gasteiger partial charge >= 0.3 is 5.97 Å². The molecule has 9 heteroatoms. The van der Waals surface area contributed by atoms with Crippen LogP contribution in [-0.2, 0) is 17.7 Å². The molecular formula is C32H49N3O4Si2. The van der Waals surface area contributed by atoms with Crippen LogP contribution in [0.25, 0.3) is 11.3 Å². The highest BCUT2D eigenvalue weighted by molar-refractivity contribution is 6.75. The van der Waals surface area contributed by atoms with E-state index in [4.69, 9.17) is 13.6 Å². The third-order valence-electron chi connectivity index (χ3n) is 8.51. The number of carbonyl (C=O) groups excluding carboxylic acids is 1. The van der Waals surface area contributed by atoms with Crippen molar-refractivity contribution in [2.75, 3.05) is 6.61 Å². The first-order chi connectivity index (χ1) is 18.9. The lowest BCUT2D eigenvalue weighted by molar-refractivity contribution is 0.0526. The van der Waals surface area contributed by atoms with Crippen LogP contribution in [0.3, 0.4) is 0 Å². The smallest absolute Gasteiger partial charge is 0.338 e. The molecule has 7 nitrogen and oxygen atoms in total. The summed E-state index contributed by atoms with van der Waals surface area (Å²) in [6.07, 6.45) is 2.79. The van der Waals surface area contributed by atoms with Crippen molar-refractivity contribution in [1.82, 2.24) is 15.0 Å².